The molecule has 1 N–H and O–H groups in total. The zero-order chi connectivity index (χ0) is 10.7. The predicted octanol–water partition coefficient (Wildman–Crippen LogP) is 1.75. The summed E-state index contributed by atoms with van der Waals surface area (Å²) in [6.45, 7) is 0.598. The van der Waals surface area contributed by atoms with E-state index < -0.39 is 5.97 Å². The highest BCUT2D eigenvalue weighted by molar-refractivity contribution is 5.94. The zero-order valence-corrected chi connectivity index (χ0v) is 8.00. The second kappa shape index (κ2) is 3.96. The minimum Gasteiger partial charge on any atom is -0.478 e. The molecule has 0 saturated carbocycles. The maximum atomic E-state index is 11.0. The van der Waals surface area contributed by atoms with Crippen LogP contribution in [-0.2, 0) is 0 Å². The lowest BCUT2D eigenvalue weighted by atomic mass is 10.1. The standard InChI is InChI=1S/C11H10N2O2/c14-11(15)9-5-1-2-6-10(9)13-8-4-3-7-12-13/h1-7H,8H2,(H,14,15). The Balaban J connectivity index is 2.39. The molecule has 0 spiro atoms. The van der Waals surface area contributed by atoms with E-state index in [1.807, 2.05) is 12.2 Å². The molecule has 1 aromatic rings. The molecular formula is C11H10N2O2. The van der Waals surface area contributed by atoms with Gasteiger partial charge in [-0.1, -0.05) is 18.2 Å². The molecule has 2 rings (SSSR count). The topological polar surface area (TPSA) is 52.9 Å². The number of carboxylic acid groups (broad SMARTS) is 1. The summed E-state index contributed by atoms with van der Waals surface area (Å²) in [6, 6.07) is 6.83. The Hall–Kier alpha value is -2.10. The molecule has 0 bridgehead atoms. The van der Waals surface area contributed by atoms with Crippen LogP contribution in [0.4, 0.5) is 5.69 Å². The van der Waals surface area contributed by atoms with Crippen molar-refractivity contribution in [2.24, 2.45) is 5.10 Å². The number of carboxylic acids is 1. The number of aromatic carboxylic acids is 1. The number of allylic oxidation sites excluding steroid dienone is 1. The van der Waals surface area contributed by atoms with Crippen LogP contribution < -0.4 is 5.01 Å². The van der Waals surface area contributed by atoms with E-state index in [1.54, 1.807) is 35.5 Å². The number of anilines is 1. The first-order valence-electron chi connectivity index (χ1n) is 4.58. The molecule has 1 heterocycles. The summed E-state index contributed by atoms with van der Waals surface area (Å²) in [4.78, 5) is 11.0. The van der Waals surface area contributed by atoms with E-state index in [0.717, 1.165) is 0 Å². The molecule has 0 aromatic heterocycles. The SMILES string of the molecule is O=C(O)c1ccccc1N1CC=CC=N1. The molecule has 4 nitrogen and oxygen atoms in total. The van der Waals surface area contributed by atoms with Crippen molar-refractivity contribution in [2.75, 3.05) is 11.6 Å². The second-order valence-corrected chi connectivity index (χ2v) is 3.10. The quantitative estimate of drug-likeness (QED) is 0.794. The molecule has 0 fully saturated rings. The number of rotatable bonds is 2. The Bertz CT molecular complexity index is 438. The average molecular weight is 202 g/mol. The highest BCUT2D eigenvalue weighted by Gasteiger charge is 2.14. The Morgan fingerprint density at radius 3 is 2.87 bits per heavy atom. The number of nitrogens with zero attached hydrogens (tertiary/aromatic N) is 2. The molecule has 1 aliphatic heterocycles. The fraction of sp³-hybridized carbons (Fsp3) is 0.0909. The van der Waals surface area contributed by atoms with Gasteiger partial charge >= 0.3 is 5.97 Å². The first-order valence-corrected chi connectivity index (χ1v) is 4.58. The monoisotopic (exact) mass is 202 g/mol. The van der Waals surface area contributed by atoms with Crippen molar-refractivity contribution in [1.82, 2.24) is 0 Å². The molecule has 15 heavy (non-hydrogen) atoms. The molecule has 0 atom stereocenters. The van der Waals surface area contributed by atoms with Gasteiger partial charge < -0.3 is 5.11 Å². The number of benzene rings is 1. The molecule has 1 aliphatic rings. The molecule has 0 saturated heterocycles. The highest BCUT2D eigenvalue weighted by Crippen LogP contribution is 2.21. The van der Waals surface area contributed by atoms with Crippen LogP contribution in [0.25, 0.3) is 0 Å². The van der Waals surface area contributed by atoms with Crippen LogP contribution in [0.2, 0.25) is 0 Å². The van der Waals surface area contributed by atoms with Crippen molar-refractivity contribution in [1.29, 1.82) is 0 Å². The van der Waals surface area contributed by atoms with Crippen LogP contribution in [0.5, 0.6) is 0 Å². The minimum atomic E-state index is -0.935. The highest BCUT2D eigenvalue weighted by atomic mass is 16.4. The Kier molecular flexibility index (Phi) is 2.49. The second-order valence-electron chi connectivity index (χ2n) is 3.10. The van der Waals surface area contributed by atoms with Gasteiger partial charge in [0.15, 0.2) is 0 Å². The summed E-state index contributed by atoms with van der Waals surface area (Å²) in [5.74, 6) is -0.935. The van der Waals surface area contributed by atoms with E-state index >= 15 is 0 Å². The van der Waals surface area contributed by atoms with Gasteiger partial charge in [-0.2, -0.15) is 5.10 Å². The summed E-state index contributed by atoms with van der Waals surface area (Å²) >= 11 is 0. The lowest BCUT2D eigenvalue weighted by Crippen LogP contribution is -2.21. The van der Waals surface area contributed by atoms with Gasteiger partial charge in [-0.3, -0.25) is 5.01 Å². The molecule has 0 aliphatic carbocycles. The first kappa shape index (κ1) is 9.45. The van der Waals surface area contributed by atoms with Crippen LogP contribution in [0.3, 0.4) is 0 Å². The lowest BCUT2D eigenvalue weighted by molar-refractivity contribution is 0.0697. The van der Waals surface area contributed by atoms with Gasteiger partial charge in [0.25, 0.3) is 0 Å². The van der Waals surface area contributed by atoms with Gasteiger partial charge in [0.2, 0.25) is 0 Å². The third-order valence-corrected chi connectivity index (χ3v) is 2.12. The third-order valence-electron chi connectivity index (χ3n) is 2.12. The van der Waals surface area contributed by atoms with Crippen LogP contribution in [0.15, 0.2) is 41.5 Å². The summed E-state index contributed by atoms with van der Waals surface area (Å²) in [6.07, 6.45) is 5.40. The maximum absolute atomic E-state index is 11.0. The van der Waals surface area contributed by atoms with Gasteiger partial charge in [-0.25, -0.2) is 4.79 Å². The summed E-state index contributed by atoms with van der Waals surface area (Å²) in [5, 5.41) is 14.8. The summed E-state index contributed by atoms with van der Waals surface area (Å²) in [7, 11) is 0. The van der Waals surface area contributed by atoms with Crippen molar-refractivity contribution in [3.8, 4) is 0 Å². The lowest BCUT2D eigenvalue weighted by Gasteiger charge is -2.20. The molecule has 1 aromatic carbocycles. The van der Waals surface area contributed by atoms with E-state index in [-0.39, 0.29) is 5.56 Å². The van der Waals surface area contributed by atoms with Crippen LogP contribution in [0.1, 0.15) is 10.4 Å². The number of hydrazone groups is 1. The van der Waals surface area contributed by atoms with E-state index in [4.69, 9.17) is 5.11 Å². The Labute approximate surface area is 87.1 Å². The largest absolute Gasteiger partial charge is 0.478 e. The van der Waals surface area contributed by atoms with E-state index in [0.29, 0.717) is 12.2 Å². The van der Waals surface area contributed by atoms with Crippen LogP contribution in [0, 0.1) is 0 Å². The van der Waals surface area contributed by atoms with Gasteiger partial charge in [0.1, 0.15) is 0 Å². The normalized spacial score (nSPS) is 14.3. The fourth-order valence-electron chi connectivity index (χ4n) is 1.43. The fourth-order valence-corrected chi connectivity index (χ4v) is 1.43. The number of carbonyl (C=O) groups is 1. The van der Waals surface area contributed by atoms with Gasteiger partial charge in [-0.15, -0.1) is 0 Å². The number of para-hydroxylation sites is 1. The summed E-state index contributed by atoms with van der Waals surface area (Å²) < 4.78 is 0. The number of hydrogen-bond acceptors (Lipinski definition) is 3. The molecule has 4 heteroatoms. The zero-order valence-electron chi connectivity index (χ0n) is 8.00. The molecule has 0 amide bonds. The molecular weight excluding hydrogens is 192 g/mol. The first-order chi connectivity index (χ1) is 7.29. The van der Waals surface area contributed by atoms with Gasteiger partial charge in [-0.05, 0) is 18.2 Å². The van der Waals surface area contributed by atoms with E-state index in [2.05, 4.69) is 5.10 Å². The number of hydrogen-bond donors (Lipinski definition) is 1. The van der Waals surface area contributed by atoms with Crippen molar-refractivity contribution in [2.45, 2.75) is 0 Å². The predicted molar refractivity (Wildman–Crippen MR) is 58.4 cm³/mol. The van der Waals surface area contributed by atoms with Crippen molar-refractivity contribution in [3.05, 3.63) is 42.0 Å². The maximum Gasteiger partial charge on any atom is 0.337 e. The van der Waals surface area contributed by atoms with E-state index in [1.165, 1.54) is 0 Å². The Morgan fingerprint density at radius 2 is 2.20 bits per heavy atom. The van der Waals surface area contributed by atoms with Gasteiger partial charge in [0.05, 0.1) is 17.8 Å². The van der Waals surface area contributed by atoms with Gasteiger partial charge in [0, 0.05) is 6.21 Å². The minimum absolute atomic E-state index is 0.268. The van der Waals surface area contributed by atoms with Crippen molar-refractivity contribution >= 4 is 17.9 Å². The van der Waals surface area contributed by atoms with Crippen LogP contribution in [-0.4, -0.2) is 23.8 Å². The van der Waals surface area contributed by atoms with E-state index in [9.17, 15) is 4.79 Å². The molecule has 76 valence electrons. The summed E-state index contributed by atoms with van der Waals surface area (Å²) in [5.41, 5.74) is 0.885. The Morgan fingerprint density at radius 1 is 1.40 bits per heavy atom. The molecule has 0 unspecified atom stereocenters. The smallest absolute Gasteiger partial charge is 0.337 e. The molecule has 0 radical (unpaired) electrons. The average Bonchev–Trinajstić information content (AvgIpc) is 2.30. The van der Waals surface area contributed by atoms with Crippen molar-refractivity contribution in [3.63, 3.8) is 0 Å². The van der Waals surface area contributed by atoms with Crippen molar-refractivity contribution < 1.29 is 9.90 Å². The van der Waals surface area contributed by atoms with Crippen LogP contribution >= 0.6 is 0 Å². The third kappa shape index (κ3) is 1.88.